The molecule has 0 fully saturated rings. The maximum absolute atomic E-state index is 12.9. The number of ether oxygens (including phenoxy) is 2. The van der Waals surface area contributed by atoms with Gasteiger partial charge < -0.3 is 13.7 Å². The van der Waals surface area contributed by atoms with Crippen molar-refractivity contribution in [1.82, 2.24) is 9.78 Å². The van der Waals surface area contributed by atoms with E-state index in [1.165, 1.54) is 24.3 Å². The summed E-state index contributed by atoms with van der Waals surface area (Å²) in [6.07, 6.45) is 0. The zero-order valence-electron chi connectivity index (χ0n) is 18.5. The van der Waals surface area contributed by atoms with Crippen LogP contribution in [0.5, 0.6) is 17.2 Å². The molecular formula is C25H20N2O7S. The molecule has 0 bridgehead atoms. The van der Waals surface area contributed by atoms with Crippen LogP contribution in [0.25, 0.3) is 5.69 Å². The van der Waals surface area contributed by atoms with Crippen LogP contribution in [0.2, 0.25) is 0 Å². The molecule has 0 amide bonds. The molecule has 0 aliphatic rings. The second-order valence-corrected chi connectivity index (χ2v) is 8.63. The van der Waals surface area contributed by atoms with E-state index >= 15 is 0 Å². The fourth-order valence-electron chi connectivity index (χ4n) is 3.06. The van der Waals surface area contributed by atoms with Gasteiger partial charge in [0.25, 0.3) is 5.56 Å². The van der Waals surface area contributed by atoms with Gasteiger partial charge in [-0.2, -0.15) is 18.2 Å². The van der Waals surface area contributed by atoms with E-state index in [-0.39, 0.29) is 11.5 Å². The van der Waals surface area contributed by atoms with E-state index in [4.69, 9.17) is 13.7 Å². The van der Waals surface area contributed by atoms with Gasteiger partial charge in [-0.1, -0.05) is 36.4 Å². The van der Waals surface area contributed by atoms with Gasteiger partial charge >= 0.3 is 16.1 Å². The Labute approximate surface area is 201 Å². The molecule has 35 heavy (non-hydrogen) atoms. The van der Waals surface area contributed by atoms with Crippen LogP contribution in [0.15, 0.2) is 101 Å². The molecule has 0 aliphatic heterocycles. The summed E-state index contributed by atoms with van der Waals surface area (Å²) in [6.45, 7) is 1.60. The van der Waals surface area contributed by atoms with Gasteiger partial charge in [-0.3, -0.25) is 4.79 Å². The Bertz CT molecular complexity index is 1480. The quantitative estimate of drug-likeness (QED) is 0.268. The van der Waals surface area contributed by atoms with E-state index in [0.717, 1.165) is 10.7 Å². The highest BCUT2D eigenvalue weighted by Gasteiger charge is 2.25. The molecule has 1 heterocycles. The molecule has 9 nitrogen and oxygen atoms in total. The number of rotatable bonds is 8. The number of para-hydroxylation sites is 2. The standard InChI is InChI=1S/C25H20N2O7S/c1-2-32-25(29)24-22(17-23(28)27(26-24)18-9-5-3-6-10-18)34-35(30,31)21-15-13-20(14-16-21)33-19-11-7-4-8-12-19/h3-17H,2H2,1H3. The van der Waals surface area contributed by atoms with Crippen molar-refractivity contribution in [1.29, 1.82) is 0 Å². The number of carbonyl (C=O) groups excluding carboxylic acids is 1. The minimum atomic E-state index is -4.42. The SMILES string of the molecule is CCOC(=O)c1nn(-c2ccccc2)c(=O)cc1OS(=O)(=O)c1ccc(Oc2ccccc2)cc1. The average molecular weight is 493 g/mol. The minimum Gasteiger partial charge on any atom is -0.461 e. The number of hydrogen-bond donors (Lipinski definition) is 0. The Morgan fingerprint density at radius 1 is 0.886 bits per heavy atom. The lowest BCUT2D eigenvalue weighted by Gasteiger charge is -2.13. The summed E-state index contributed by atoms with van der Waals surface area (Å²) in [5, 5.41) is 4.02. The van der Waals surface area contributed by atoms with E-state index in [9.17, 15) is 18.0 Å². The third-order valence-corrected chi connectivity index (χ3v) is 5.91. The third-order valence-electron chi connectivity index (χ3n) is 4.66. The molecule has 0 saturated carbocycles. The zero-order chi connectivity index (χ0) is 24.8. The van der Waals surface area contributed by atoms with Gasteiger partial charge in [0.2, 0.25) is 5.69 Å². The lowest BCUT2D eigenvalue weighted by Crippen LogP contribution is -2.26. The van der Waals surface area contributed by atoms with Gasteiger partial charge in [0.1, 0.15) is 16.4 Å². The van der Waals surface area contributed by atoms with E-state index in [1.807, 2.05) is 18.2 Å². The van der Waals surface area contributed by atoms with Crippen molar-refractivity contribution >= 4 is 16.1 Å². The number of hydrogen-bond acceptors (Lipinski definition) is 8. The Morgan fingerprint density at radius 2 is 1.49 bits per heavy atom. The van der Waals surface area contributed by atoms with E-state index in [2.05, 4.69) is 5.10 Å². The molecule has 4 aromatic rings. The van der Waals surface area contributed by atoms with Crippen LogP contribution < -0.4 is 14.5 Å². The molecule has 0 aliphatic carbocycles. The van der Waals surface area contributed by atoms with Crippen molar-refractivity contribution in [3.8, 4) is 22.9 Å². The summed E-state index contributed by atoms with van der Waals surface area (Å²) < 4.78 is 42.6. The van der Waals surface area contributed by atoms with E-state index in [0.29, 0.717) is 17.2 Å². The summed E-state index contributed by atoms with van der Waals surface area (Å²) in [7, 11) is -4.42. The van der Waals surface area contributed by atoms with Gasteiger partial charge in [0.15, 0.2) is 5.75 Å². The number of nitrogens with zero attached hydrogens (tertiary/aromatic N) is 2. The van der Waals surface area contributed by atoms with Crippen molar-refractivity contribution in [3.05, 3.63) is 107 Å². The molecule has 0 spiro atoms. The summed E-state index contributed by atoms with van der Waals surface area (Å²) >= 11 is 0. The summed E-state index contributed by atoms with van der Waals surface area (Å²) in [5.74, 6) is -0.475. The lowest BCUT2D eigenvalue weighted by molar-refractivity contribution is 0.0515. The Kier molecular flexibility index (Phi) is 6.93. The normalized spacial score (nSPS) is 11.0. The van der Waals surface area contributed by atoms with E-state index < -0.39 is 33.1 Å². The number of benzene rings is 3. The molecule has 0 N–H and O–H groups in total. The highest BCUT2D eigenvalue weighted by atomic mass is 32.2. The van der Waals surface area contributed by atoms with E-state index in [1.54, 1.807) is 49.4 Å². The van der Waals surface area contributed by atoms with Crippen molar-refractivity contribution in [2.75, 3.05) is 6.61 Å². The number of esters is 1. The van der Waals surface area contributed by atoms with Crippen molar-refractivity contribution in [3.63, 3.8) is 0 Å². The molecule has 0 unspecified atom stereocenters. The van der Waals surface area contributed by atoms with Crippen LogP contribution in [0, 0.1) is 0 Å². The first-order valence-corrected chi connectivity index (χ1v) is 11.9. The van der Waals surface area contributed by atoms with Crippen LogP contribution in [0.3, 0.4) is 0 Å². The second kappa shape index (κ2) is 10.2. The lowest BCUT2D eigenvalue weighted by atomic mass is 10.3. The summed E-state index contributed by atoms with van der Waals surface area (Å²) in [5.41, 5.74) is -0.768. The van der Waals surface area contributed by atoms with Gasteiger partial charge in [0, 0.05) is 0 Å². The topological polar surface area (TPSA) is 114 Å². The molecule has 178 valence electrons. The Balaban J connectivity index is 1.65. The van der Waals surface area contributed by atoms with Crippen LogP contribution in [-0.2, 0) is 14.9 Å². The van der Waals surface area contributed by atoms with Gasteiger partial charge in [-0.25, -0.2) is 4.79 Å². The fourth-order valence-corrected chi connectivity index (χ4v) is 3.99. The van der Waals surface area contributed by atoms with Crippen LogP contribution in [-0.4, -0.2) is 30.8 Å². The first-order chi connectivity index (χ1) is 16.9. The molecule has 0 saturated heterocycles. The number of carbonyl (C=O) groups is 1. The monoisotopic (exact) mass is 492 g/mol. The van der Waals surface area contributed by atoms with Gasteiger partial charge in [-0.05, 0) is 55.5 Å². The van der Waals surface area contributed by atoms with Crippen molar-refractivity contribution in [2.24, 2.45) is 0 Å². The average Bonchev–Trinajstić information content (AvgIpc) is 2.85. The largest absolute Gasteiger partial charge is 0.461 e. The van der Waals surface area contributed by atoms with Gasteiger partial charge in [0.05, 0.1) is 18.4 Å². The maximum atomic E-state index is 12.9. The highest BCUT2D eigenvalue weighted by Crippen LogP contribution is 2.25. The molecule has 10 heteroatoms. The molecule has 0 radical (unpaired) electrons. The first kappa shape index (κ1) is 23.7. The number of aromatic nitrogens is 2. The smallest absolute Gasteiger partial charge is 0.362 e. The summed E-state index contributed by atoms with van der Waals surface area (Å²) in [6, 6.07) is 23.7. The first-order valence-electron chi connectivity index (χ1n) is 10.5. The maximum Gasteiger partial charge on any atom is 0.362 e. The highest BCUT2D eigenvalue weighted by molar-refractivity contribution is 7.87. The molecule has 3 aromatic carbocycles. The molecule has 4 rings (SSSR count). The van der Waals surface area contributed by atoms with Crippen molar-refractivity contribution in [2.45, 2.75) is 11.8 Å². The van der Waals surface area contributed by atoms with Gasteiger partial charge in [-0.15, -0.1) is 0 Å². The zero-order valence-corrected chi connectivity index (χ0v) is 19.3. The Morgan fingerprint density at radius 3 is 2.11 bits per heavy atom. The third kappa shape index (κ3) is 5.56. The Hall–Kier alpha value is -4.44. The minimum absolute atomic E-state index is 0.0139. The summed E-state index contributed by atoms with van der Waals surface area (Å²) in [4.78, 5) is 25.0. The second-order valence-electron chi connectivity index (χ2n) is 7.09. The molecule has 0 atom stereocenters. The van der Waals surface area contributed by atoms with Crippen LogP contribution in [0.4, 0.5) is 0 Å². The van der Waals surface area contributed by atoms with Crippen LogP contribution >= 0.6 is 0 Å². The fraction of sp³-hybridized carbons (Fsp3) is 0.0800. The molecular weight excluding hydrogens is 472 g/mol. The van der Waals surface area contributed by atoms with Crippen molar-refractivity contribution < 1.29 is 26.9 Å². The predicted octanol–water partition coefficient (Wildman–Crippen LogP) is 3.97. The predicted molar refractivity (Wildman–Crippen MR) is 127 cm³/mol. The molecule has 1 aromatic heterocycles. The van der Waals surface area contributed by atoms with Crippen LogP contribution in [0.1, 0.15) is 17.4 Å².